The van der Waals surface area contributed by atoms with Crippen molar-refractivity contribution in [2.24, 2.45) is 10.2 Å². The Bertz CT molecular complexity index is 2040. The first-order chi connectivity index (χ1) is 18.1. The summed E-state index contributed by atoms with van der Waals surface area (Å²) in [5, 5.41) is 29.8. The smallest absolute Gasteiger partial charge is 0.296 e. The SMILES string of the molecule is C=CS(=O)(=O)N(C)c1ccc2cc(S(=O)(=O)O)c(N=Nc3ccc4c(S(=O)(=O)O)cccc4c3O)c(O)c2c1. The quantitative estimate of drug-likeness (QED) is 0.177. The summed E-state index contributed by atoms with van der Waals surface area (Å²) in [6.45, 7) is 3.24. The van der Waals surface area contributed by atoms with Crippen LogP contribution in [0.25, 0.3) is 21.5 Å². The van der Waals surface area contributed by atoms with Gasteiger partial charge in [-0.1, -0.05) is 30.8 Å². The normalized spacial score (nSPS) is 12.8. The number of rotatable bonds is 7. The van der Waals surface area contributed by atoms with Crippen LogP contribution < -0.4 is 4.31 Å². The molecule has 0 spiro atoms. The van der Waals surface area contributed by atoms with Gasteiger partial charge in [-0.25, -0.2) is 8.42 Å². The van der Waals surface area contributed by atoms with E-state index in [9.17, 15) is 44.6 Å². The van der Waals surface area contributed by atoms with E-state index in [1.165, 1.54) is 43.4 Å². The molecular weight excluding hydrogens is 574 g/mol. The molecule has 0 aliphatic rings. The molecule has 39 heavy (non-hydrogen) atoms. The summed E-state index contributed by atoms with van der Waals surface area (Å²) in [5.41, 5.74) is -0.911. The molecule has 4 aromatic carbocycles. The average Bonchev–Trinajstić information content (AvgIpc) is 2.87. The molecule has 0 bridgehead atoms. The number of hydrogen-bond acceptors (Lipinski definition) is 10. The molecule has 0 fully saturated rings. The number of sulfonamides is 1. The Morgan fingerprint density at radius 2 is 1.44 bits per heavy atom. The van der Waals surface area contributed by atoms with Crippen molar-refractivity contribution in [2.45, 2.75) is 9.79 Å². The van der Waals surface area contributed by atoms with E-state index >= 15 is 0 Å². The lowest BCUT2D eigenvalue weighted by Gasteiger charge is -2.18. The highest BCUT2D eigenvalue weighted by atomic mass is 32.2. The zero-order valence-corrected chi connectivity index (χ0v) is 22.2. The largest absolute Gasteiger partial charge is 0.505 e. The molecule has 0 aliphatic heterocycles. The number of phenolic OH excluding ortho intramolecular Hbond substituents is 2. The molecule has 0 aliphatic carbocycles. The fourth-order valence-corrected chi connectivity index (χ4v) is 5.78. The third-order valence-corrected chi connectivity index (χ3v) is 8.95. The Balaban J connectivity index is 1.93. The second kappa shape index (κ2) is 9.58. The first-order valence-corrected chi connectivity index (χ1v) is 15.0. The van der Waals surface area contributed by atoms with Gasteiger partial charge in [0.1, 0.15) is 21.2 Å². The van der Waals surface area contributed by atoms with Crippen LogP contribution in [-0.4, -0.2) is 51.6 Å². The zero-order valence-electron chi connectivity index (χ0n) is 19.8. The summed E-state index contributed by atoms with van der Waals surface area (Å²) >= 11 is 0. The van der Waals surface area contributed by atoms with Gasteiger partial charge >= 0.3 is 0 Å². The van der Waals surface area contributed by atoms with Gasteiger partial charge in [-0.05, 0) is 35.7 Å². The number of azo groups is 1. The van der Waals surface area contributed by atoms with Gasteiger partial charge in [-0.2, -0.15) is 16.8 Å². The van der Waals surface area contributed by atoms with E-state index in [-0.39, 0.29) is 32.9 Å². The molecule has 0 unspecified atom stereocenters. The van der Waals surface area contributed by atoms with E-state index < -0.39 is 57.2 Å². The monoisotopic (exact) mass is 593 g/mol. The third kappa shape index (κ3) is 5.15. The number of nitrogens with zero attached hydrogens (tertiary/aromatic N) is 3. The van der Waals surface area contributed by atoms with Crippen molar-refractivity contribution in [3.05, 3.63) is 66.6 Å². The lowest BCUT2D eigenvalue weighted by molar-refractivity contribution is 0.472. The molecule has 0 saturated carbocycles. The first kappa shape index (κ1) is 27.9. The number of anilines is 1. The fourth-order valence-electron chi connectivity index (χ4n) is 3.79. The van der Waals surface area contributed by atoms with Gasteiger partial charge in [0.05, 0.1) is 5.69 Å². The molecule has 0 saturated heterocycles. The molecule has 4 aromatic rings. The van der Waals surface area contributed by atoms with Gasteiger partial charge in [-0.3, -0.25) is 13.4 Å². The molecule has 0 aromatic heterocycles. The Morgan fingerprint density at radius 3 is 2.05 bits per heavy atom. The van der Waals surface area contributed by atoms with Crippen LogP contribution in [-0.2, 0) is 30.3 Å². The van der Waals surface area contributed by atoms with Gasteiger partial charge in [0.2, 0.25) is 0 Å². The summed E-state index contributed by atoms with van der Waals surface area (Å²) in [6, 6.07) is 11.0. The van der Waals surface area contributed by atoms with E-state index in [0.717, 1.165) is 22.5 Å². The maximum atomic E-state index is 12.2. The number of hydrogen-bond donors (Lipinski definition) is 4. The van der Waals surface area contributed by atoms with Crippen LogP contribution in [0.5, 0.6) is 11.5 Å². The summed E-state index contributed by atoms with van der Waals surface area (Å²) in [5.74, 6) is -1.35. The molecule has 16 heteroatoms. The van der Waals surface area contributed by atoms with Crippen molar-refractivity contribution in [3.8, 4) is 11.5 Å². The van der Waals surface area contributed by atoms with Gasteiger partial charge in [0.15, 0.2) is 11.5 Å². The van der Waals surface area contributed by atoms with Crippen molar-refractivity contribution in [1.29, 1.82) is 0 Å². The van der Waals surface area contributed by atoms with Crippen molar-refractivity contribution in [1.82, 2.24) is 0 Å². The number of phenols is 2. The Morgan fingerprint density at radius 1 is 0.769 bits per heavy atom. The van der Waals surface area contributed by atoms with Crippen LogP contribution in [0.2, 0.25) is 0 Å². The molecule has 0 amide bonds. The second-order valence-electron chi connectivity index (χ2n) is 8.09. The first-order valence-electron chi connectivity index (χ1n) is 10.6. The molecule has 204 valence electrons. The maximum absolute atomic E-state index is 12.2. The highest BCUT2D eigenvalue weighted by molar-refractivity contribution is 7.95. The molecule has 0 atom stereocenters. The second-order valence-corrected chi connectivity index (χ2v) is 12.8. The van der Waals surface area contributed by atoms with Crippen LogP contribution in [0.3, 0.4) is 0 Å². The van der Waals surface area contributed by atoms with Gasteiger partial charge in [-0.15, -0.1) is 10.2 Å². The average molecular weight is 594 g/mol. The zero-order chi connectivity index (χ0) is 28.9. The predicted molar refractivity (Wildman–Crippen MR) is 143 cm³/mol. The van der Waals surface area contributed by atoms with Crippen molar-refractivity contribution in [2.75, 3.05) is 11.4 Å². The fraction of sp³-hybridized carbons (Fsp3) is 0.0435. The number of benzene rings is 4. The summed E-state index contributed by atoms with van der Waals surface area (Å²) < 4.78 is 91.9. The van der Waals surface area contributed by atoms with E-state index in [1.54, 1.807) is 0 Å². The highest BCUT2D eigenvalue weighted by Gasteiger charge is 2.24. The lowest BCUT2D eigenvalue weighted by atomic mass is 10.1. The molecule has 4 rings (SSSR count). The van der Waals surface area contributed by atoms with Gasteiger partial charge < -0.3 is 10.2 Å². The summed E-state index contributed by atoms with van der Waals surface area (Å²) in [6.07, 6.45) is 0. The summed E-state index contributed by atoms with van der Waals surface area (Å²) in [7, 11) is -12.2. The number of fused-ring (bicyclic) bond motifs is 2. The Labute approximate surface area is 222 Å². The number of aromatic hydroxyl groups is 2. The standard InChI is InChI=1S/C23H19N3O10S3/c1-3-37(29,30)26(2)14-8-7-13-11-20(39(34,35)36)21(23(28)17(13)12-14)25-24-18-10-9-15-16(22(18)27)5-4-6-19(15)38(31,32)33/h3-12,27-28H,1H2,2H3,(H,31,32,33)(H,34,35,36). The van der Waals surface area contributed by atoms with Crippen LogP contribution in [0.1, 0.15) is 0 Å². The van der Waals surface area contributed by atoms with E-state index in [1.807, 2.05) is 0 Å². The topological polar surface area (TPSA) is 211 Å². The summed E-state index contributed by atoms with van der Waals surface area (Å²) in [4.78, 5) is -1.30. The van der Waals surface area contributed by atoms with Gasteiger partial charge in [0, 0.05) is 28.6 Å². The molecule has 13 nitrogen and oxygen atoms in total. The molecule has 4 N–H and O–H groups in total. The minimum Gasteiger partial charge on any atom is -0.505 e. The van der Waals surface area contributed by atoms with E-state index in [0.29, 0.717) is 5.41 Å². The minimum atomic E-state index is -4.96. The van der Waals surface area contributed by atoms with E-state index in [4.69, 9.17) is 0 Å². The molecule has 0 radical (unpaired) electrons. The predicted octanol–water partition coefficient (Wildman–Crippen LogP) is 4.22. The molecular formula is C23H19N3O10S3. The van der Waals surface area contributed by atoms with Crippen molar-refractivity contribution >= 4 is 68.9 Å². The van der Waals surface area contributed by atoms with Crippen molar-refractivity contribution < 1.29 is 44.6 Å². The van der Waals surface area contributed by atoms with Crippen LogP contribution >= 0.6 is 0 Å². The van der Waals surface area contributed by atoms with Crippen LogP contribution in [0.15, 0.2) is 86.6 Å². The van der Waals surface area contributed by atoms with E-state index in [2.05, 4.69) is 16.8 Å². The van der Waals surface area contributed by atoms with Crippen LogP contribution in [0.4, 0.5) is 17.1 Å². The highest BCUT2D eigenvalue weighted by Crippen LogP contribution is 2.44. The maximum Gasteiger partial charge on any atom is 0.296 e. The third-order valence-electron chi connectivity index (χ3n) is 5.78. The minimum absolute atomic E-state index is 0.0320. The Hall–Kier alpha value is -4.09. The Kier molecular flexibility index (Phi) is 6.86. The van der Waals surface area contributed by atoms with Gasteiger partial charge in [0.25, 0.3) is 30.3 Å². The molecule has 0 heterocycles. The lowest BCUT2D eigenvalue weighted by Crippen LogP contribution is -2.23. The van der Waals surface area contributed by atoms with Crippen LogP contribution in [0, 0.1) is 0 Å². The van der Waals surface area contributed by atoms with Crippen molar-refractivity contribution in [3.63, 3.8) is 0 Å².